The Kier molecular flexibility index (Phi) is 7.89. The SMILES string of the molecule is CC(O[C]=O)OCCCCCCc1ccccc1. The van der Waals surface area contributed by atoms with Gasteiger partial charge in [0.15, 0.2) is 0 Å². The zero-order valence-corrected chi connectivity index (χ0v) is 10.9. The Labute approximate surface area is 109 Å². The van der Waals surface area contributed by atoms with Crippen LogP contribution in [0.25, 0.3) is 0 Å². The molecule has 0 amide bonds. The molecule has 0 aliphatic rings. The van der Waals surface area contributed by atoms with Crippen LogP contribution in [-0.2, 0) is 20.7 Å². The standard InChI is InChI=1S/C15H21O3/c1-14(18-13-16)17-12-8-3-2-5-9-15-10-6-4-7-11-15/h4,6-7,10-11,14H,2-3,5,8-9,12H2,1H3. The molecule has 0 spiro atoms. The highest BCUT2D eigenvalue weighted by atomic mass is 16.7. The molecule has 1 radical (unpaired) electrons. The van der Waals surface area contributed by atoms with Gasteiger partial charge in [0, 0.05) is 0 Å². The summed E-state index contributed by atoms with van der Waals surface area (Å²) >= 11 is 0. The van der Waals surface area contributed by atoms with Crippen LogP contribution in [-0.4, -0.2) is 19.4 Å². The zero-order chi connectivity index (χ0) is 13.1. The summed E-state index contributed by atoms with van der Waals surface area (Å²) in [4.78, 5) is 9.90. The second kappa shape index (κ2) is 9.66. The molecule has 0 fully saturated rings. The molecule has 0 N–H and O–H groups in total. The molecule has 0 aliphatic carbocycles. The number of aryl methyl sites for hydroxylation is 1. The van der Waals surface area contributed by atoms with Crippen LogP contribution in [0.3, 0.4) is 0 Å². The molecule has 1 aromatic carbocycles. The summed E-state index contributed by atoms with van der Waals surface area (Å²) in [5.41, 5.74) is 1.40. The molecule has 1 aromatic rings. The fourth-order valence-electron chi connectivity index (χ4n) is 1.78. The van der Waals surface area contributed by atoms with Gasteiger partial charge in [-0.2, -0.15) is 0 Å². The van der Waals surface area contributed by atoms with E-state index in [9.17, 15) is 4.79 Å². The van der Waals surface area contributed by atoms with Crippen molar-refractivity contribution in [2.24, 2.45) is 0 Å². The molecular weight excluding hydrogens is 228 g/mol. The smallest absolute Gasteiger partial charge is 0.419 e. The third-order valence-electron chi connectivity index (χ3n) is 2.77. The topological polar surface area (TPSA) is 35.5 Å². The Balaban J connectivity index is 1.91. The average Bonchev–Trinajstić information content (AvgIpc) is 2.39. The van der Waals surface area contributed by atoms with Crippen molar-refractivity contribution in [3.05, 3.63) is 35.9 Å². The predicted molar refractivity (Wildman–Crippen MR) is 70.8 cm³/mol. The summed E-state index contributed by atoms with van der Waals surface area (Å²) in [6.45, 7) is 3.70. The van der Waals surface area contributed by atoms with Crippen molar-refractivity contribution in [2.75, 3.05) is 6.61 Å². The first kappa shape index (κ1) is 14.7. The number of hydrogen-bond acceptors (Lipinski definition) is 3. The largest absolute Gasteiger partial charge is 0.428 e. The molecule has 0 bridgehead atoms. The number of hydrogen-bond donors (Lipinski definition) is 0. The summed E-state index contributed by atoms with van der Waals surface area (Å²) < 4.78 is 9.76. The van der Waals surface area contributed by atoms with E-state index in [2.05, 4.69) is 29.0 Å². The van der Waals surface area contributed by atoms with Crippen molar-refractivity contribution >= 4 is 6.47 Å². The zero-order valence-electron chi connectivity index (χ0n) is 10.9. The maximum Gasteiger partial charge on any atom is 0.419 e. The average molecular weight is 249 g/mol. The molecule has 0 saturated heterocycles. The maximum atomic E-state index is 9.90. The van der Waals surface area contributed by atoms with Gasteiger partial charge >= 0.3 is 6.47 Å². The van der Waals surface area contributed by atoms with Crippen LogP contribution in [0.15, 0.2) is 30.3 Å². The highest BCUT2D eigenvalue weighted by Crippen LogP contribution is 2.08. The fourth-order valence-corrected chi connectivity index (χ4v) is 1.78. The van der Waals surface area contributed by atoms with E-state index in [4.69, 9.17) is 4.74 Å². The third-order valence-corrected chi connectivity index (χ3v) is 2.77. The molecule has 0 aromatic heterocycles. The summed E-state index contributed by atoms with van der Waals surface area (Å²) in [5.74, 6) is 0. The van der Waals surface area contributed by atoms with E-state index in [1.54, 1.807) is 6.92 Å². The van der Waals surface area contributed by atoms with Gasteiger partial charge in [0.25, 0.3) is 0 Å². The van der Waals surface area contributed by atoms with Crippen LogP contribution in [0.1, 0.15) is 38.2 Å². The Hall–Kier alpha value is -1.35. The van der Waals surface area contributed by atoms with E-state index < -0.39 is 6.29 Å². The van der Waals surface area contributed by atoms with Crippen molar-refractivity contribution in [2.45, 2.75) is 45.3 Å². The Bertz CT molecular complexity index is 311. The van der Waals surface area contributed by atoms with Gasteiger partial charge in [-0.25, -0.2) is 4.79 Å². The lowest BCUT2D eigenvalue weighted by Crippen LogP contribution is -2.12. The lowest BCUT2D eigenvalue weighted by Gasteiger charge is -2.09. The van der Waals surface area contributed by atoms with Gasteiger partial charge in [-0.15, -0.1) is 0 Å². The van der Waals surface area contributed by atoms with Crippen molar-refractivity contribution < 1.29 is 14.3 Å². The van der Waals surface area contributed by atoms with Crippen molar-refractivity contribution in [1.29, 1.82) is 0 Å². The third kappa shape index (κ3) is 7.07. The van der Waals surface area contributed by atoms with E-state index in [0.717, 1.165) is 19.3 Å². The van der Waals surface area contributed by atoms with Crippen LogP contribution >= 0.6 is 0 Å². The summed E-state index contributed by atoms with van der Waals surface area (Å²) in [7, 11) is 0. The quantitative estimate of drug-likeness (QED) is 0.471. The Morgan fingerprint density at radius 1 is 1.11 bits per heavy atom. The first-order chi connectivity index (χ1) is 8.83. The Morgan fingerprint density at radius 3 is 2.56 bits per heavy atom. The number of rotatable bonds is 10. The molecule has 99 valence electrons. The van der Waals surface area contributed by atoms with Crippen molar-refractivity contribution in [1.82, 2.24) is 0 Å². The van der Waals surface area contributed by atoms with E-state index in [0.29, 0.717) is 6.61 Å². The number of carbonyl (C=O) groups excluding carboxylic acids is 1. The van der Waals surface area contributed by atoms with Crippen LogP contribution < -0.4 is 0 Å². The predicted octanol–water partition coefficient (Wildman–Crippen LogP) is 3.24. The molecule has 1 rings (SSSR count). The lowest BCUT2D eigenvalue weighted by atomic mass is 10.1. The van der Waals surface area contributed by atoms with Gasteiger partial charge in [0.05, 0.1) is 6.61 Å². The summed E-state index contributed by atoms with van der Waals surface area (Å²) in [6.07, 6.45) is 5.21. The second-order valence-electron chi connectivity index (χ2n) is 4.29. The minimum absolute atomic E-state index is 0.480. The van der Waals surface area contributed by atoms with Gasteiger partial charge < -0.3 is 9.47 Å². The lowest BCUT2D eigenvalue weighted by molar-refractivity contribution is -0.0767. The highest BCUT2D eigenvalue weighted by Gasteiger charge is 2.00. The molecule has 0 aliphatic heterocycles. The van der Waals surface area contributed by atoms with Gasteiger partial charge in [0.1, 0.15) is 0 Å². The van der Waals surface area contributed by atoms with Gasteiger partial charge in [-0.05, 0) is 31.7 Å². The van der Waals surface area contributed by atoms with Crippen LogP contribution in [0.2, 0.25) is 0 Å². The van der Waals surface area contributed by atoms with Crippen LogP contribution in [0.4, 0.5) is 0 Å². The molecule has 18 heavy (non-hydrogen) atoms. The minimum Gasteiger partial charge on any atom is -0.428 e. The van der Waals surface area contributed by atoms with Crippen molar-refractivity contribution in [3.8, 4) is 0 Å². The van der Waals surface area contributed by atoms with Crippen molar-refractivity contribution in [3.63, 3.8) is 0 Å². The maximum absolute atomic E-state index is 9.90. The monoisotopic (exact) mass is 249 g/mol. The number of benzene rings is 1. The highest BCUT2D eigenvalue weighted by molar-refractivity contribution is 5.38. The van der Waals surface area contributed by atoms with Crippen LogP contribution in [0, 0.1) is 0 Å². The minimum atomic E-state index is -0.480. The normalized spacial score (nSPS) is 12.1. The first-order valence-corrected chi connectivity index (χ1v) is 6.51. The molecule has 1 unspecified atom stereocenters. The molecule has 0 saturated carbocycles. The van der Waals surface area contributed by atoms with Gasteiger partial charge in [-0.1, -0.05) is 43.2 Å². The van der Waals surface area contributed by atoms with Crippen LogP contribution in [0.5, 0.6) is 0 Å². The molecule has 0 heterocycles. The second-order valence-corrected chi connectivity index (χ2v) is 4.29. The molecule has 3 nitrogen and oxygen atoms in total. The molecule has 1 atom stereocenters. The number of ether oxygens (including phenoxy) is 2. The summed E-state index contributed by atoms with van der Waals surface area (Å²) in [5, 5.41) is 0. The van der Waals surface area contributed by atoms with Gasteiger partial charge in [0.2, 0.25) is 6.29 Å². The fraction of sp³-hybridized carbons (Fsp3) is 0.533. The molecule has 3 heteroatoms. The van der Waals surface area contributed by atoms with Gasteiger partial charge in [-0.3, -0.25) is 0 Å². The van der Waals surface area contributed by atoms with E-state index >= 15 is 0 Å². The first-order valence-electron chi connectivity index (χ1n) is 6.51. The molecular formula is C15H21O3. The summed E-state index contributed by atoms with van der Waals surface area (Å²) in [6, 6.07) is 10.5. The van der Waals surface area contributed by atoms with E-state index in [1.807, 2.05) is 6.07 Å². The van der Waals surface area contributed by atoms with E-state index in [1.165, 1.54) is 24.9 Å². The Morgan fingerprint density at radius 2 is 1.83 bits per heavy atom. The van der Waals surface area contributed by atoms with E-state index in [-0.39, 0.29) is 0 Å². The number of unbranched alkanes of at least 4 members (excludes halogenated alkanes) is 3.